The number of aromatic nitrogens is 1. The molecule has 1 rings (SSSR count). The molecule has 8 heteroatoms. The lowest BCUT2D eigenvalue weighted by atomic mass is 10.0. The second kappa shape index (κ2) is 4.82. The molecule has 1 aromatic rings. The number of halogens is 5. The van der Waals surface area contributed by atoms with Crippen molar-refractivity contribution >= 4 is 0 Å². The first-order valence-electron chi connectivity index (χ1n) is 4.44. The van der Waals surface area contributed by atoms with Crippen LogP contribution in [0.15, 0.2) is 6.20 Å². The molecule has 0 aliphatic rings. The molecule has 1 aromatic heterocycles. The molecule has 2 N–H and O–H groups in total. The van der Waals surface area contributed by atoms with Crippen LogP contribution in [0.25, 0.3) is 0 Å². The van der Waals surface area contributed by atoms with Crippen LogP contribution in [-0.2, 0) is 12.7 Å². The number of alkyl halides is 5. The molecule has 0 unspecified atom stereocenters. The van der Waals surface area contributed by atoms with Gasteiger partial charge in [-0.15, -0.1) is 0 Å². The highest BCUT2D eigenvalue weighted by atomic mass is 19.4. The van der Waals surface area contributed by atoms with Crippen LogP contribution in [0.3, 0.4) is 0 Å². The number of methoxy groups -OCH3 is 1. The third-order valence-electron chi connectivity index (χ3n) is 2.09. The normalized spacial score (nSPS) is 12.0. The monoisotopic (exact) mass is 256 g/mol. The molecule has 96 valence electrons. The minimum Gasteiger partial charge on any atom is -0.481 e. The SMILES string of the molecule is COc1ncc(C(F)F)c(C(F)(F)F)c1CN. The summed E-state index contributed by atoms with van der Waals surface area (Å²) >= 11 is 0. The van der Waals surface area contributed by atoms with Crippen LogP contribution in [0.5, 0.6) is 5.88 Å². The first-order chi connectivity index (χ1) is 7.82. The Morgan fingerprint density at radius 2 is 2.00 bits per heavy atom. The molecule has 0 radical (unpaired) electrons. The predicted molar refractivity (Wildman–Crippen MR) is 48.6 cm³/mol. The first kappa shape index (κ1) is 13.6. The van der Waals surface area contributed by atoms with Gasteiger partial charge >= 0.3 is 6.18 Å². The molecule has 17 heavy (non-hydrogen) atoms. The molecule has 0 aromatic carbocycles. The van der Waals surface area contributed by atoms with Gasteiger partial charge in [0.1, 0.15) is 0 Å². The Morgan fingerprint density at radius 1 is 1.41 bits per heavy atom. The van der Waals surface area contributed by atoms with E-state index in [0.717, 1.165) is 7.11 Å². The number of hydrogen-bond acceptors (Lipinski definition) is 3. The third-order valence-corrected chi connectivity index (χ3v) is 2.09. The lowest BCUT2D eigenvalue weighted by molar-refractivity contribution is -0.140. The molecule has 0 aliphatic heterocycles. The van der Waals surface area contributed by atoms with E-state index in [-0.39, 0.29) is 0 Å². The lowest BCUT2D eigenvalue weighted by Crippen LogP contribution is -2.17. The van der Waals surface area contributed by atoms with Crippen molar-refractivity contribution in [3.05, 3.63) is 22.9 Å². The van der Waals surface area contributed by atoms with Crippen molar-refractivity contribution in [3.63, 3.8) is 0 Å². The summed E-state index contributed by atoms with van der Waals surface area (Å²) in [6.45, 7) is -0.592. The van der Waals surface area contributed by atoms with Gasteiger partial charge in [0.05, 0.1) is 12.7 Å². The Morgan fingerprint density at radius 3 is 2.35 bits per heavy atom. The fourth-order valence-electron chi connectivity index (χ4n) is 1.42. The summed E-state index contributed by atoms with van der Waals surface area (Å²) in [5.74, 6) is -0.399. The number of rotatable bonds is 3. The summed E-state index contributed by atoms with van der Waals surface area (Å²) in [5, 5.41) is 0. The maximum Gasteiger partial charge on any atom is 0.417 e. The smallest absolute Gasteiger partial charge is 0.417 e. The van der Waals surface area contributed by atoms with Crippen LogP contribution in [0.4, 0.5) is 22.0 Å². The van der Waals surface area contributed by atoms with E-state index in [1.165, 1.54) is 0 Å². The maximum absolute atomic E-state index is 12.7. The van der Waals surface area contributed by atoms with E-state index in [0.29, 0.717) is 6.20 Å². The molecule has 0 amide bonds. The molecule has 0 atom stereocenters. The van der Waals surface area contributed by atoms with Crippen molar-refractivity contribution < 1.29 is 26.7 Å². The second-order valence-corrected chi connectivity index (χ2v) is 3.08. The summed E-state index contributed by atoms with van der Waals surface area (Å²) in [6.07, 6.45) is -7.77. The van der Waals surface area contributed by atoms with Gasteiger partial charge in [-0.25, -0.2) is 13.8 Å². The fourth-order valence-corrected chi connectivity index (χ4v) is 1.42. The molecule has 0 fully saturated rings. The highest BCUT2D eigenvalue weighted by Crippen LogP contribution is 2.40. The van der Waals surface area contributed by atoms with Crippen molar-refractivity contribution in [2.24, 2.45) is 5.73 Å². The van der Waals surface area contributed by atoms with E-state index in [1.54, 1.807) is 0 Å². The van der Waals surface area contributed by atoms with Crippen LogP contribution >= 0.6 is 0 Å². The van der Waals surface area contributed by atoms with E-state index in [4.69, 9.17) is 5.73 Å². The largest absolute Gasteiger partial charge is 0.481 e. The number of ether oxygens (including phenoxy) is 1. The molecule has 0 saturated heterocycles. The fraction of sp³-hybridized carbons (Fsp3) is 0.444. The third kappa shape index (κ3) is 2.63. The Kier molecular flexibility index (Phi) is 3.87. The zero-order valence-electron chi connectivity index (χ0n) is 8.68. The van der Waals surface area contributed by atoms with Gasteiger partial charge in [0, 0.05) is 23.9 Å². The first-order valence-corrected chi connectivity index (χ1v) is 4.44. The zero-order valence-corrected chi connectivity index (χ0v) is 8.68. The van der Waals surface area contributed by atoms with Crippen molar-refractivity contribution in [2.45, 2.75) is 19.1 Å². The number of hydrogen-bond donors (Lipinski definition) is 1. The highest BCUT2D eigenvalue weighted by Gasteiger charge is 2.39. The second-order valence-electron chi connectivity index (χ2n) is 3.08. The van der Waals surface area contributed by atoms with Crippen molar-refractivity contribution in [3.8, 4) is 5.88 Å². The Labute approximate surface area is 93.4 Å². The van der Waals surface area contributed by atoms with Gasteiger partial charge in [-0.05, 0) is 0 Å². The molecule has 1 heterocycles. The van der Waals surface area contributed by atoms with Crippen LogP contribution in [0.2, 0.25) is 0 Å². The van der Waals surface area contributed by atoms with Crippen LogP contribution in [0, 0.1) is 0 Å². The van der Waals surface area contributed by atoms with Gasteiger partial charge in [0.25, 0.3) is 6.43 Å². The summed E-state index contributed by atoms with van der Waals surface area (Å²) in [6, 6.07) is 0. The zero-order chi connectivity index (χ0) is 13.2. The average Bonchev–Trinajstić information content (AvgIpc) is 2.25. The average molecular weight is 256 g/mol. The molecule has 0 spiro atoms. The minimum absolute atomic E-state index is 0.399. The Bertz CT molecular complexity index is 405. The molecule has 3 nitrogen and oxygen atoms in total. The maximum atomic E-state index is 12.7. The lowest BCUT2D eigenvalue weighted by Gasteiger charge is -2.17. The van der Waals surface area contributed by atoms with Crippen LogP contribution < -0.4 is 10.5 Å². The topological polar surface area (TPSA) is 48.1 Å². The van der Waals surface area contributed by atoms with Crippen molar-refractivity contribution in [1.82, 2.24) is 4.98 Å². The summed E-state index contributed by atoms with van der Waals surface area (Å²) in [5.41, 5.74) is 1.89. The standard InChI is InChI=1S/C9H9F5N2O/c1-17-8-4(2-15)6(9(12,13)14)5(3-16-8)7(10)11/h3,7H,2,15H2,1H3. The van der Waals surface area contributed by atoms with E-state index >= 15 is 0 Å². The van der Waals surface area contributed by atoms with Crippen LogP contribution in [-0.4, -0.2) is 12.1 Å². The van der Waals surface area contributed by atoms with Crippen molar-refractivity contribution in [1.29, 1.82) is 0 Å². The molecule has 0 aliphatic carbocycles. The Balaban J connectivity index is 3.56. The predicted octanol–water partition coefficient (Wildman–Crippen LogP) is 2.51. The number of nitrogens with zero attached hydrogens (tertiary/aromatic N) is 1. The van der Waals surface area contributed by atoms with Gasteiger partial charge in [0.15, 0.2) is 0 Å². The van der Waals surface area contributed by atoms with E-state index < -0.39 is 41.7 Å². The molecular weight excluding hydrogens is 247 g/mol. The van der Waals surface area contributed by atoms with E-state index in [9.17, 15) is 22.0 Å². The van der Waals surface area contributed by atoms with Gasteiger partial charge in [-0.1, -0.05) is 0 Å². The summed E-state index contributed by atoms with van der Waals surface area (Å²) in [4.78, 5) is 3.38. The van der Waals surface area contributed by atoms with Gasteiger partial charge in [-0.2, -0.15) is 13.2 Å². The summed E-state index contributed by atoms with van der Waals surface area (Å²) < 4.78 is 67.6. The number of nitrogens with two attached hydrogens (primary N) is 1. The van der Waals surface area contributed by atoms with Gasteiger partial charge < -0.3 is 10.5 Å². The Hall–Kier alpha value is -1.44. The molecule has 0 saturated carbocycles. The van der Waals surface area contributed by atoms with E-state index in [2.05, 4.69) is 9.72 Å². The van der Waals surface area contributed by atoms with Crippen molar-refractivity contribution in [2.75, 3.05) is 7.11 Å². The molecular formula is C9H9F5N2O. The van der Waals surface area contributed by atoms with Crippen LogP contribution in [0.1, 0.15) is 23.1 Å². The van der Waals surface area contributed by atoms with Gasteiger partial charge in [-0.3, -0.25) is 0 Å². The number of pyridine rings is 1. The van der Waals surface area contributed by atoms with Gasteiger partial charge in [0.2, 0.25) is 5.88 Å². The highest BCUT2D eigenvalue weighted by molar-refractivity contribution is 5.42. The van der Waals surface area contributed by atoms with E-state index in [1.807, 2.05) is 0 Å². The minimum atomic E-state index is -4.93. The quantitative estimate of drug-likeness (QED) is 0.845. The molecule has 0 bridgehead atoms. The summed E-state index contributed by atoms with van der Waals surface area (Å²) in [7, 11) is 1.09.